The molecule has 9 nitrogen and oxygen atoms in total. The van der Waals surface area contributed by atoms with Crippen molar-refractivity contribution in [3.63, 3.8) is 0 Å². The molecule has 9 heteroatoms. The molecule has 0 spiro atoms. The van der Waals surface area contributed by atoms with Crippen LogP contribution >= 0.6 is 0 Å². The Morgan fingerprint density at radius 3 is 1.25 bits per heavy atom. The van der Waals surface area contributed by atoms with Gasteiger partial charge in [0.2, 0.25) is 0 Å². The second-order valence-corrected chi connectivity index (χ2v) is 8.26. The molecule has 0 fully saturated rings. The Morgan fingerprint density at radius 2 is 0.944 bits per heavy atom. The Balaban J connectivity index is 1.73. The third-order valence-electron chi connectivity index (χ3n) is 5.64. The summed E-state index contributed by atoms with van der Waals surface area (Å²) in [4.78, 5) is 0. The molecule has 36 heavy (non-hydrogen) atoms. The number of amidine groups is 3. The lowest BCUT2D eigenvalue weighted by molar-refractivity contribution is 0.0591. The van der Waals surface area contributed by atoms with E-state index in [9.17, 15) is 0 Å². The molecule has 188 valence electrons. The highest BCUT2D eigenvalue weighted by molar-refractivity contribution is 5.95. The van der Waals surface area contributed by atoms with Crippen LogP contribution in [0.15, 0.2) is 72.8 Å². The lowest BCUT2D eigenvalue weighted by Crippen LogP contribution is -2.35. The quantitative estimate of drug-likeness (QED) is 0.158. The third-order valence-corrected chi connectivity index (χ3v) is 5.64. The van der Waals surface area contributed by atoms with Crippen LogP contribution in [0.2, 0.25) is 0 Å². The summed E-state index contributed by atoms with van der Waals surface area (Å²) < 4.78 is 18.4. The SMILES string of the molecule is CCC(Oc1ccc(C(=N)N)cc1)C(COc1ccc(C(=N)N)cc1)COc1ccc(C(=N)N)cc1. The maximum Gasteiger partial charge on any atom is 0.122 e. The van der Waals surface area contributed by atoms with E-state index in [4.69, 9.17) is 47.6 Å². The van der Waals surface area contributed by atoms with Gasteiger partial charge in [-0.15, -0.1) is 0 Å². The highest BCUT2D eigenvalue weighted by atomic mass is 16.5. The van der Waals surface area contributed by atoms with Crippen LogP contribution in [0.4, 0.5) is 0 Å². The monoisotopic (exact) mass is 488 g/mol. The normalized spacial score (nSPS) is 12.2. The molecule has 0 aliphatic carbocycles. The Bertz CT molecular complexity index is 1120. The standard InChI is InChI=1S/C27H32N6O3/c1-2-24(36-23-13-7-19(8-14-23)27(32)33)20(15-34-21-9-3-17(4-10-21)25(28)29)16-35-22-11-5-18(6-12-22)26(30)31/h3-14,20,24H,2,15-16H2,1H3,(H3,28,29)(H3,30,31)(H3,32,33). The van der Waals surface area contributed by atoms with E-state index in [1.54, 1.807) is 72.8 Å². The van der Waals surface area contributed by atoms with Gasteiger partial charge in [0.15, 0.2) is 0 Å². The number of hydrogen-bond acceptors (Lipinski definition) is 6. The average Bonchev–Trinajstić information content (AvgIpc) is 2.88. The molecular weight excluding hydrogens is 456 g/mol. The van der Waals surface area contributed by atoms with E-state index in [-0.39, 0.29) is 29.5 Å². The van der Waals surface area contributed by atoms with Crippen molar-refractivity contribution in [1.82, 2.24) is 0 Å². The van der Waals surface area contributed by atoms with Crippen LogP contribution in [-0.4, -0.2) is 36.8 Å². The van der Waals surface area contributed by atoms with Crippen LogP contribution in [0.25, 0.3) is 0 Å². The summed E-state index contributed by atoms with van der Waals surface area (Å²) in [6.45, 7) is 2.69. The summed E-state index contributed by atoms with van der Waals surface area (Å²) in [5, 5.41) is 22.6. The Labute approximate surface area is 210 Å². The summed E-state index contributed by atoms with van der Waals surface area (Å²) in [6.07, 6.45) is 0.486. The van der Waals surface area contributed by atoms with Crippen LogP contribution in [0.1, 0.15) is 30.0 Å². The van der Waals surface area contributed by atoms with Crippen LogP contribution in [0.5, 0.6) is 17.2 Å². The van der Waals surface area contributed by atoms with Crippen molar-refractivity contribution in [2.24, 2.45) is 23.1 Å². The fourth-order valence-electron chi connectivity index (χ4n) is 3.53. The summed E-state index contributed by atoms with van der Waals surface area (Å²) >= 11 is 0. The molecule has 0 amide bonds. The van der Waals surface area contributed by atoms with Gasteiger partial charge in [-0.1, -0.05) is 6.92 Å². The van der Waals surface area contributed by atoms with Crippen molar-refractivity contribution < 1.29 is 14.2 Å². The van der Waals surface area contributed by atoms with Crippen LogP contribution in [0, 0.1) is 22.1 Å². The van der Waals surface area contributed by atoms with Crippen molar-refractivity contribution in [3.05, 3.63) is 89.5 Å². The number of hydrogen-bond donors (Lipinski definition) is 6. The van der Waals surface area contributed by atoms with E-state index in [1.807, 2.05) is 6.92 Å². The highest BCUT2D eigenvalue weighted by Crippen LogP contribution is 2.23. The van der Waals surface area contributed by atoms with E-state index < -0.39 is 0 Å². The van der Waals surface area contributed by atoms with Gasteiger partial charge in [-0.2, -0.15) is 0 Å². The molecule has 0 heterocycles. The van der Waals surface area contributed by atoms with Gasteiger partial charge >= 0.3 is 0 Å². The third kappa shape index (κ3) is 7.23. The minimum Gasteiger partial charge on any atom is -0.493 e. The van der Waals surface area contributed by atoms with Crippen molar-refractivity contribution in [2.75, 3.05) is 13.2 Å². The van der Waals surface area contributed by atoms with Crippen LogP contribution < -0.4 is 31.4 Å². The Morgan fingerprint density at radius 1 is 0.611 bits per heavy atom. The molecule has 0 aromatic heterocycles. The molecule has 3 rings (SSSR count). The van der Waals surface area contributed by atoms with Crippen LogP contribution in [0.3, 0.4) is 0 Å². The fraction of sp³-hybridized carbons (Fsp3) is 0.222. The predicted molar refractivity (Wildman–Crippen MR) is 142 cm³/mol. The number of benzene rings is 3. The number of nitrogens with two attached hydrogens (primary N) is 3. The maximum absolute atomic E-state index is 7.56. The molecule has 0 saturated heterocycles. The fourth-order valence-corrected chi connectivity index (χ4v) is 3.53. The average molecular weight is 489 g/mol. The zero-order valence-corrected chi connectivity index (χ0v) is 20.2. The Hall–Kier alpha value is -4.53. The maximum atomic E-state index is 7.56. The number of nitrogen functional groups attached to an aromatic ring is 3. The van der Waals surface area contributed by atoms with E-state index in [0.717, 1.165) is 0 Å². The van der Waals surface area contributed by atoms with Gasteiger partial charge in [-0.3, -0.25) is 16.2 Å². The van der Waals surface area contributed by atoms with E-state index in [2.05, 4.69) is 0 Å². The molecule has 0 saturated carbocycles. The largest absolute Gasteiger partial charge is 0.493 e. The number of nitrogens with one attached hydrogen (secondary N) is 3. The molecule has 0 aliphatic rings. The lowest BCUT2D eigenvalue weighted by Gasteiger charge is -2.27. The molecule has 3 aromatic rings. The molecule has 1 atom stereocenters. The zero-order chi connectivity index (χ0) is 26.1. The second kappa shape index (κ2) is 12.3. The van der Waals surface area contributed by atoms with Crippen molar-refractivity contribution >= 4 is 17.5 Å². The molecular formula is C27H32N6O3. The first-order chi connectivity index (χ1) is 17.3. The first-order valence-electron chi connectivity index (χ1n) is 11.5. The highest BCUT2D eigenvalue weighted by Gasteiger charge is 2.24. The van der Waals surface area contributed by atoms with Crippen molar-refractivity contribution in [2.45, 2.75) is 19.4 Å². The molecule has 0 aliphatic heterocycles. The molecule has 3 aromatic carbocycles. The Kier molecular flexibility index (Phi) is 8.88. The van der Waals surface area contributed by atoms with Gasteiger partial charge in [0.1, 0.15) is 40.9 Å². The topological polar surface area (TPSA) is 177 Å². The van der Waals surface area contributed by atoms with Gasteiger partial charge in [0, 0.05) is 16.7 Å². The first kappa shape index (κ1) is 26.1. The van der Waals surface area contributed by atoms with Gasteiger partial charge in [-0.25, -0.2) is 0 Å². The van der Waals surface area contributed by atoms with Gasteiger partial charge in [-0.05, 0) is 79.2 Å². The molecule has 1 unspecified atom stereocenters. The van der Waals surface area contributed by atoms with E-state index in [0.29, 0.717) is 53.6 Å². The number of ether oxygens (including phenoxy) is 3. The lowest BCUT2D eigenvalue weighted by atomic mass is 10.0. The first-order valence-corrected chi connectivity index (χ1v) is 11.5. The molecule has 0 radical (unpaired) electrons. The van der Waals surface area contributed by atoms with Gasteiger partial charge in [0.25, 0.3) is 0 Å². The van der Waals surface area contributed by atoms with Crippen LogP contribution in [-0.2, 0) is 0 Å². The second-order valence-electron chi connectivity index (χ2n) is 8.26. The zero-order valence-electron chi connectivity index (χ0n) is 20.2. The summed E-state index contributed by atoms with van der Waals surface area (Å²) in [5.41, 5.74) is 18.5. The van der Waals surface area contributed by atoms with E-state index >= 15 is 0 Å². The summed E-state index contributed by atoms with van der Waals surface area (Å²) in [7, 11) is 0. The smallest absolute Gasteiger partial charge is 0.122 e. The van der Waals surface area contributed by atoms with Crippen molar-refractivity contribution in [1.29, 1.82) is 16.2 Å². The number of rotatable bonds is 13. The summed E-state index contributed by atoms with van der Waals surface area (Å²) in [5.74, 6) is 1.82. The summed E-state index contributed by atoms with van der Waals surface area (Å²) in [6, 6.07) is 21.1. The van der Waals surface area contributed by atoms with Gasteiger partial charge in [0.05, 0.1) is 19.1 Å². The minimum atomic E-state index is -0.221. The van der Waals surface area contributed by atoms with E-state index in [1.165, 1.54) is 0 Å². The molecule has 0 bridgehead atoms. The predicted octanol–water partition coefficient (Wildman–Crippen LogP) is 3.47. The van der Waals surface area contributed by atoms with Gasteiger partial charge < -0.3 is 31.4 Å². The minimum absolute atomic E-state index is 0.000138. The van der Waals surface area contributed by atoms with Crippen molar-refractivity contribution in [3.8, 4) is 17.2 Å². The molecule has 9 N–H and O–H groups in total.